The van der Waals surface area contributed by atoms with E-state index in [0.29, 0.717) is 6.54 Å². The molecular formula is C18H17ClN4S. The Morgan fingerprint density at radius 3 is 2.67 bits per heavy atom. The van der Waals surface area contributed by atoms with Crippen molar-refractivity contribution in [2.45, 2.75) is 23.9 Å². The second kappa shape index (κ2) is 7.64. The van der Waals surface area contributed by atoms with E-state index in [0.717, 1.165) is 27.1 Å². The fraction of sp³-hybridized carbons (Fsp3) is 0.167. The summed E-state index contributed by atoms with van der Waals surface area (Å²) in [5.41, 5.74) is 2.07. The molecule has 0 aliphatic heterocycles. The Morgan fingerprint density at radius 1 is 1.21 bits per heavy atom. The van der Waals surface area contributed by atoms with E-state index >= 15 is 0 Å². The molecule has 1 aromatic carbocycles. The van der Waals surface area contributed by atoms with Crippen LogP contribution in [0.3, 0.4) is 0 Å². The SMILES string of the molecule is C=CCn1c(S[C@@H](C)c2ccccc2Cl)nnc1-c1ccncc1. The lowest BCUT2D eigenvalue weighted by Crippen LogP contribution is -2.02. The van der Waals surface area contributed by atoms with Crippen LogP contribution >= 0.6 is 23.4 Å². The maximum absolute atomic E-state index is 6.31. The number of hydrogen-bond donors (Lipinski definition) is 0. The molecule has 0 saturated carbocycles. The van der Waals surface area contributed by atoms with Crippen molar-refractivity contribution in [2.24, 2.45) is 0 Å². The molecule has 0 spiro atoms. The van der Waals surface area contributed by atoms with Gasteiger partial charge in [-0.3, -0.25) is 9.55 Å². The van der Waals surface area contributed by atoms with Crippen molar-refractivity contribution in [1.82, 2.24) is 19.7 Å². The highest BCUT2D eigenvalue weighted by atomic mass is 35.5. The van der Waals surface area contributed by atoms with Gasteiger partial charge in [0.05, 0.1) is 0 Å². The van der Waals surface area contributed by atoms with Gasteiger partial charge in [-0.25, -0.2) is 0 Å². The monoisotopic (exact) mass is 356 g/mol. The van der Waals surface area contributed by atoms with Crippen molar-refractivity contribution < 1.29 is 0 Å². The highest BCUT2D eigenvalue weighted by Gasteiger charge is 2.18. The smallest absolute Gasteiger partial charge is 0.192 e. The molecule has 0 bridgehead atoms. The predicted octanol–water partition coefficient (Wildman–Crippen LogP) is 5.03. The number of halogens is 1. The Labute approximate surface area is 150 Å². The van der Waals surface area contributed by atoms with E-state index in [4.69, 9.17) is 11.6 Å². The Bertz CT molecular complexity index is 832. The largest absolute Gasteiger partial charge is 0.298 e. The molecule has 0 aliphatic rings. The van der Waals surface area contributed by atoms with E-state index in [1.807, 2.05) is 42.5 Å². The lowest BCUT2D eigenvalue weighted by Gasteiger charge is -2.14. The molecule has 1 atom stereocenters. The Hall–Kier alpha value is -2.11. The van der Waals surface area contributed by atoms with E-state index in [1.54, 1.807) is 24.2 Å². The molecule has 0 N–H and O–H groups in total. The van der Waals surface area contributed by atoms with Crippen LogP contribution in [0.25, 0.3) is 11.4 Å². The van der Waals surface area contributed by atoms with E-state index in [1.165, 1.54) is 0 Å². The van der Waals surface area contributed by atoms with Crippen LogP contribution in [0.1, 0.15) is 17.7 Å². The molecule has 0 unspecified atom stereocenters. The second-order valence-electron chi connectivity index (χ2n) is 5.22. The van der Waals surface area contributed by atoms with E-state index in [-0.39, 0.29) is 5.25 Å². The summed E-state index contributed by atoms with van der Waals surface area (Å²) >= 11 is 7.94. The zero-order valence-electron chi connectivity index (χ0n) is 13.3. The minimum absolute atomic E-state index is 0.164. The van der Waals surface area contributed by atoms with Gasteiger partial charge in [-0.1, -0.05) is 47.6 Å². The molecule has 3 aromatic rings. The number of pyridine rings is 1. The normalized spacial score (nSPS) is 12.1. The van der Waals surface area contributed by atoms with E-state index in [2.05, 4.69) is 33.3 Å². The van der Waals surface area contributed by atoms with Crippen LogP contribution in [0.4, 0.5) is 0 Å². The van der Waals surface area contributed by atoms with Gasteiger partial charge in [0.15, 0.2) is 11.0 Å². The minimum Gasteiger partial charge on any atom is -0.298 e. The quantitative estimate of drug-likeness (QED) is 0.458. The summed E-state index contributed by atoms with van der Waals surface area (Å²) in [6.07, 6.45) is 5.35. The molecular weight excluding hydrogens is 340 g/mol. The molecule has 2 heterocycles. The van der Waals surface area contributed by atoms with Crippen molar-refractivity contribution in [1.29, 1.82) is 0 Å². The summed E-state index contributed by atoms with van der Waals surface area (Å²) in [4.78, 5) is 4.05. The lowest BCUT2D eigenvalue weighted by atomic mass is 10.2. The average molecular weight is 357 g/mol. The van der Waals surface area contributed by atoms with Crippen LogP contribution in [0, 0.1) is 0 Å². The fourth-order valence-corrected chi connectivity index (χ4v) is 3.80. The number of hydrogen-bond acceptors (Lipinski definition) is 4. The number of benzene rings is 1. The van der Waals surface area contributed by atoms with Crippen LogP contribution in [0.5, 0.6) is 0 Å². The van der Waals surface area contributed by atoms with Crippen LogP contribution in [0.2, 0.25) is 5.02 Å². The minimum atomic E-state index is 0.164. The number of thioether (sulfide) groups is 1. The molecule has 0 amide bonds. The standard InChI is InChI=1S/C18H17ClN4S/c1-3-12-23-17(14-8-10-20-11-9-14)21-22-18(23)24-13(2)15-6-4-5-7-16(15)19/h3-11,13H,1,12H2,2H3/t13-/m0/s1. The van der Waals surface area contributed by atoms with Gasteiger partial charge in [0.25, 0.3) is 0 Å². The van der Waals surface area contributed by atoms with Crippen molar-refractivity contribution in [3.63, 3.8) is 0 Å². The summed E-state index contributed by atoms with van der Waals surface area (Å²) in [5, 5.41) is 10.5. The van der Waals surface area contributed by atoms with Gasteiger partial charge >= 0.3 is 0 Å². The van der Waals surface area contributed by atoms with Crippen LogP contribution in [0.15, 0.2) is 66.6 Å². The van der Waals surface area contributed by atoms with E-state index < -0.39 is 0 Å². The van der Waals surface area contributed by atoms with Crippen molar-refractivity contribution >= 4 is 23.4 Å². The topological polar surface area (TPSA) is 43.6 Å². The number of nitrogens with zero attached hydrogens (tertiary/aromatic N) is 4. The van der Waals surface area contributed by atoms with Crippen LogP contribution in [-0.4, -0.2) is 19.7 Å². The molecule has 0 radical (unpaired) electrons. The van der Waals surface area contributed by atoms with Crippen molar-refractivity contribution in [3.05, 3.63) is 72.0 Å². The Balaban J connectivity index is 1.92. The van der Waals surface area contributed by atoms with Gasteiger partial charge in [0.2, 0.25) is 0 Å². The third kappa shape index (κ3) is 3.52. The molecule has 0 saturated heterocycles. The fourth-order valence-electron chi connectivity index (χ4n) is 2.41. The first-order valence-electron chi connectivity index (χ1n) is 7.56. The molecule has 0 fully saturated rings. The summed E-state index contributed by atoms with van der Waals surface area (Å²) in [5.74, 6) is 0.811. The number of allylic oxidation sites excluding steroid dienone is 1. The van der Waals surface area contributed by atoms with Gasteiger partial charge < -0.3 is 0 Å². The molecule has 3 rings (SSSR count). The molecule has 6 heteroatoms. The van der Waals surface area contributed by atoms with Gasteiger partial charge in [-0.2, -0.15) is 0 Å². The maximum Gasteiger partial charge on any atom is 0.192 e. The summed E-state index contributed by atoms with van der Waals surface area (Å²) in [6, 6.07) is 11.7. The highest BCUT2D eigenvalue weighted by molar-refractivity contribution is 7.99. The molecule has 2 aromatic heterocycles. The number of aromatic nitrogens is 4. The Kier molecular flexibility index (Phi) is 5.33. The predicted molar refractivity (Wildman–Crippen MR) is 99.2 cm³/mol. The average Bonchev–Trinajstić information content (AvgIpc) is 2.99. The number of rotatable bonds is 6. The summed E-state index contributed by atoms with van der Waals surface area (Å²) in [6.45, 7) is 6.60. The lowest BCUT2D eigenvalue weighted by molar-refractivity contribution is 0.729. The summed E-state index contributed by atoms with van der Waals surface area (Å²) in [7, 11) is 0. The third-order valence-electron chi connectivity index (χ3n) is 3.59. The zero-order valence-corrected chi connectivity index (χ0v) is 14.8. The third-order valence-corrected chi connectivity index (χ3v) is 5.06. The maximum atomic E-state index is 6.31. The zero-order chi connectivity index (χ0) is 16.9. The van der Waals surface area contributed by atoms with Gasteiger partial charge in [0.1, 0.15) is 0 Å². The van der Waals surface area contributed by atoms with Gasteiger partial charge in [-0.15, -0.1) is 16.8 Å². The van der Waals surface area contributed by atoms with Gasteiger partial charge in [0, 0.05) is 34.8 Å². The Morgan fingerprint density at radius 2 is 1.96 bits per heavy atom. The van der Waals surface area contributed by atoms with Crippen molar-refractivity contribution in [3.8, 4) is 11.4 Å². The molecule has 0 aliphatic carbocycles. The van der Waals surface area contributed by atoms with E-state index in [9.17, 15) is 0 Å². The first kappa shape index (κ1) is 16.7. The van der Waals surface area contributed by atoms with Gasteiger partial charge in [-0.05, 0) is 30.7 Å². The first-order chi connectivity index (χ1) is 11.7. The molecule has 122 valence electrons. The second-order valence-corrected chi connectivity index (χ2v) is 6.94. The highest BCUT2D eigenvalue weighted by Crippen LogP contribution is 2.38. The summed E-state index contributed by atoms with van der Waals surface area (Å²) < 4.78 is 2.06. The first-order valence-corrected chi connectivity index (χ1v) is 8.82. The van der Waals surface area contributed by atoms with Crippen molar-refractivity contribution in [2.75, 3.05) is 0 Å². The molecule has 24 heavy (non-hydrogen) atoms. The van der Waals surface area contributed by atoms with Crippen LogP contribution < -0.4 is 0 Å². The van der Waals surface area contributed by atoms with Crippen LogP contribution in [-0.2, 0) is 6.54 Å². The molecule has 4 nitrogen and oxygen atoms in total.